The van der Waals surface area contributed by atoms with Gasteiger partial charge in [-0.2, -0.15) is 0 Å². The van der Waals surface area contributed by atoms with Crippen LogP contribution >= 0.6 is 0 Å². The summed E-state index contributed by atoms with van der Waals surface area (Å²) in [5.41, 5.74) is 4.83. The largest absolute Gasteiger partial charge is 0.302 e. The van der Waals surface area contributed by atoms with Gasteiger partial charge in [-0.1, -0.05) is 42.0 Å². The second-order valence-corrected chi connectivity index (χ2v) is 4.66. The maximum absolute atomic E-state index is 10.6. The number of aryl methyl sites for hydroxylation is 1. The van der Waals surface area contributed by atoms with Gasteiger partial charge in [0.05, 0.1) is 5.69 Å². The zero-order valence-corrected chi connectivity index (χ0v) is 10.7. The van der Waals surface area contributed by atoms with Crippen LogP contribution < -0.4 is 0 Å². The van der Waals surface area contributed by atoms with Gasteiger partial charge in [0.1, 0.15) is 5.55 Å². The molecule has 1 atom stereocenters. The van der Waals surface area contributed by atoms with Crippen molar-refractivity contribution in [2.24, 2.45) is 4.99 Å². The zero-order chi connectivity index (χ0) is 13.0. The predicted molar refractivity (Wildman–Crippen MR) is 75.5 cm³/mol. The van der Waals surface area contributed by atoms with Crippen molar-refractivity contribution in [3.63, 3.8) is 0 Å². The van der Waals surface area contributed by atoms with Gasteiger partial charge < -0.3 is 4.55 Å². The van der Waals surface area contributed by atoms with Crippen LogP contribution in [0.15, 0.2) is 53.5 Å². The molecule has 0 aliphatic carbocycles. The van der Waals surface area contributed by atoms with E-state index in [4.69, 9.17) is 4.55 Å². The molecule has 0 aromatic heterocycles. The van der Waals surface area contributed by atoms with Gasteiger partial charge in [-0.25, -0.2) is 9.20 Å². The Morgan fingerprint density at radius 1 is 1.17 bits per heavy atom. The molecule has 0 bridgehead atoms. The van der Waals surface area contributed by atoms with Crippen LogP contribution in [-0.2, 0) is 11.1 Å². The van der Waals surface area contributed by atoms with Crippen molar-refractivity contribution in [2.75, 3.05) is 0 Å². The Hall–Kier alpha value is -1.78. The number of aliphatic imine (C=N–C) groups is 1. The number of benzene rings is 2. The van der Waals surface area contributed by atoms with Crippen molar-refractivity contribution in [1.82, 2.24) is 0 Å². The Balaban J connectivity index is 2.51. The molecule has 2 aromatic carbocycles. The van der Waals surface area contributed by atoms with E-state index in [2.05, 4.69) is 4.99 Å². The monoisotopic (exact) mass is 259 g/mol. The first-order chi connectivity index (χ1) is 8.66. The molecule has 1 unspecified atom stereocenters. The molecule has 0 amide bonds. The maximum Gasteiger partial charge on any atom is 0.198 e. The molecule has 0 saturated carbocycles. The summed E-state index contributed by atoms with van der Waals surface area (Å²) in [5.74, 6) is 0. The Kier molecular flexibility index (Phi) is 4.02. The highest BCUT2D eigenvalue weighted by atomic mass is 32.2. The Labute approximate surface area is 108 Å². The summed E-state index contributed by atoms with van der Waals surface area (Å²) in [6.07, 6.45) is 0. The maximum atomic E-state index is 10.6. The van der Waals surface area contributed by atoms with Gasteiger partial charge >= 0.3 is 0 Å². The Bertz CT molecular complexity index is 594. The van der Waals surface area contributed by atoms with E-state index in [1.807, 2.05) is 55.5 Å². The van der Waals surface area contributed by atoms with Crippen molar-refractivity contribution >= 4 is 22.3 Å². The minimum absolute atomic E-state index is 0.689. The normalized spacial score (nSPS) is 12.8. The van der Waals surface area contributed by atoms with E-state index in [0.717, 1.165) is 22.2 Å². The molecular weight excluding hydrogens is 246 g/mol. The van der Waals surface area contributed by atoms with E-state index >= 15 is 0 Å². The van der Waals surface area contributed by atoms with Crippen LogP contribution in [0.3, 0.4) is 0 Å². The molecule has 2 aromatic rings. The summed E-state index contributed by atoms with van der Waals surface area (Å²) < 4.78 is 19.4. The number of hydrogen-bond donors (Lipinski definition) is 1. The molecular formula is C14H13NO2S. The minimum Gasteiger partial charge on any atom is -0.302 e. The van der Waals surface area contributed by atoms with E-state index in [1.54, 1.807) is 0 Å². The topological polar surface area (TPSA) is 49.7 Å². The Morgan fingerprint density at radius 2 is 1.89 bits per heavy atom. The lowest BCUT2D eigenvalue weighted by Crippen LogP contribution is -1.86. The highest BCUT2D eigenvalue weighted by Gasteiger charge is 2.04. The van der Waals surface area contributed by atoms with Gasteiger partial charge in [0.25, 0.3) is 0 Å². The first-order valence-corrected chi connectivity index (χ1v) is 6.64. The van der Waals surface area contributed by atoms with Gasteiger partial charge in [-0.3, -0.25) is 0 Å². The quantitative estimate of drug-likeness (QED) is 0.520. The van der Waals surface area contributed by atoms with Gasteiger partial charge in [0.15, 0.2) is 11.1 Å². The first-order valence-electron chi connectivity index (χ1n) is 5.47. The van der Waals surface area contributed by atoms with E-state index < -0.39 is 11.1 Å². The fraction of sp³-hybridized carbons (Fsp3) is 0.0714. The fourth-order valence-corrected chi connectivity index (χ4v) is 1.92. The average Bonchev–Trinajstić information content (AvgIpc) is 2.38. The number of rotatable bonds is 3. The highest BCUT2D eigenvalue weighted by molar-refractivity contribution is 7.93. The molecule has 1 N–H and O–H groups in total. The van der Waals surface area contributed by atoms with Crippen LogP contribution in [-0.4, -0.2) is 14.3 Å². The standard InChI is InChI=1S/C14H13NO2S/c1-11-7-8-14(15-10-18(16)17)13(9-11)12-5-3-2-4-6-12/h2-10H,1H3,(H,16,17). The zero-order valence-electron chi connectivity index (χ0n) is 9.91. The molecule has 92 valence electrons. The van der Waals surface area contributed by atoms with Crippen molar-refractivity contribution < 1.29 is 8.76 Å². The molecule has 0 radical (unpaired) electrons. The second kappa shape index (κ2) is 5.71. The van der Waals surface area contributed by atoms with Crippen LogP contribution in [0.25, 0.3) is 11.1 Å². The summed E-state index contributed by atoms with van der Waals surface area (Å²) in [6.45, 7) is 2.00. The number of nitrogens with zero attached hydrogens (tertiary/aromatic N) is 1. The van der Waals surface area contributed by atoms with Crippen molar-refractivity contribution in [2.45, 2.75) is 6.92 Å². The van der Waals surface area contributed by atoms with E-state index in [0.29, 0.717) is 5.69 Å². The second-order valence-electron chi connectivity index (χ2n) is 3.90. The average molecular weight is 259 g/mol. The predicted octanol–water partition coefficient (Wildman–Crippen LogP) is 3.54. The van der Waals surface area contributed by atoms with Crippen LogP contribution in [0.4, 0.5) is 5.69 Å². The number of hydrogen-bond acceptors (Lipinski definition) is 2. The molecule has 0 aliphatic rings. The van der Waals surface area contributed by atoms with Crippen LogP contribution in [0.5, 0.6) is 0 Å². The SMILES string of the molecule is Cc1ccc(N=CS(=O)O)c(-c2ccccc2)c1. The third-order valence-electron chi connectivity index (χ3n) is 2.52. The molecule has 3 nitrogen and oxygen atoms in total. The molecule has 0 aliphatic heterocycles. The molecule has 0 fully saturated rings. The van der Waals surface area contributed by atoms with Crippen LogP contribution in [0.1, 0.15) is 5.56 Å². The van der Waals surface area contributed by atoms with Crippen molar-refractivity contribution in [3.05, 3.63) is 54.1 Å². The third kappa shape index (κ3) is 3.12. The lowest BCUT2D eigenvalue weighted by Gasteiger charge is -2.06. The van der Waals surface area contributed by atoms with Gasteiger partial charge in [-0.05, 0) is 24.6 Å². The molecule has 2 rings (SSSR count). The van der Waals surface area contributed by atoms with E-state index in [1.165, 1.54) is 0 Å². The van der Waals surface area contributed by atoms with Crippen molar-refractivity contribution in [1.29, 1.82) is 0 Å². The van der Waals surface area contributed by atoms with Crippen LogP contribution in [0, 0.1) is 6.92 Å². The van der Waals surface area contributed by atoms with Gasteiger partial charge in [-0.15, -0.1) is 0 Å². The molecule has 4 heteroatoms. The van der Waals surface area contributed by atoms with E-state index in [-0.39, 0.29) is 0 Å². The first kappa shape index (κ1) is 12.7. The minimum atomic E-state index is -2.03. The summed E-state index contributed by atoms with van der Waals surface area (Å²) in [5, 5.41) is 0. The molecule has 0 spiro atoms. The summed E-state index contributed by atoms with van der Waals surface area (Å²) in [6, 6.07) is 15.6. The van der Waals surface area contributed by atoms with Gasteiger partial charge in [0, 0.05) is 5.56 Å². The van der Waals surface area contributed by atoms with Crippen molar-refractivity contribution in [3.8, 4) is 11.1 Å². The lowest BCUT2D eigenvalue weighted by atomic mass is 10.0. The summed E-state index contributed by atoms with van der Waals surface area (Å²) >= 11 is -2.03. The Morgan fingerprint density at radius 3 is 2.56 bits per heavy atom. The van der Waals surface area contributed by atoms with Gasteiger partial charge in [0.2, 0.25) is 0 Å². The smallest absolute Gasteiger partial charge is 0.198 e. The van der Waals surface area contributed by atoms with E-state index in [9.17, 15) is 4.21 Å². The molecule has 0 heterocycles. The lowest BCUT2D eigenvalue weighted by molar-refractivity contribution is 0.578. The summed E-state index contributed by atoms with van der Waals surface area (Å²) in [4.78, 5) is 4.05. The molecule has 18 heavy (non-hydrogen) atoms. The summed E-state index contributed by atoms with van der Waals surface area (Å²) in [7, 11) is 0. The highest BCUT2D eigenvalue weighted by Crippen LogP contribution is 2.30. The van der Waals surface area contributed by atoms with Crippen LogP contribution in [0.2, 0.25) is 0 Å². The third-order valence-corrected chi connectivity index (χ3v) is 2.80. The fourth-order valence-electron chi connectivity index (χ4n) is 1.71. The molecule has 0 saturated heterocycles.